The molecule has 0 atom stereocenters. The third kappa shape index (κ3) is 2.93. The van der Waals surface area contributed by atoms with Crippen LogP contribution in [0.15, 0.2) is 60.9 Å². The lowest BCUT2D eigenvalue weighted by atomic mass is 10.1. The van der Waals surface area contributed by atoms with Crippen molar-refractivity contribution >= 4 is 11.6 Å². The maximum absolute atomic E-state index is 12.8. The number of benzene rings is 2. The van der Waals surface area contributed by atoms with Crippen LogP contribution < -0.4 is 5.32 Å². The molecular formula is C17H14N8O. The average Bonchev–Trinajstić information content (AvgIpc) is 3.33. The van der Waals surface area contributed by atoms with Crippen LogP contribution in [-0.4, -0.2) is 41.1 Å². The molecule has 9 nitrogen and oxygen atoms in total. The Morgan fingerprint density at radius 1 is 1.08 bits per heavy atom. The van der Waals surface area contributed by atoms with Crippen LogP contribution >= 0.6 is 0 Å². The normalized spacial score (nSPS) is 10.7. The van der Waals surface area contributed by atoms with Gasteiger partial charge < -0.3 is 5.32 Å². The Kier molecular flexibility index (Phi) is 3.94. The van der Waals surface area contributed by atoms with Crippen molar-refractivity contribution in [2.75, 3.05) is 5.32 Å². The molecule has 0 fully saturated rings. The molecule has 0 saturated heterocycles. The van der Waals surface area contributed by atoms with E-state index in [4.69, 9.17) is 0 Å². The maximum Gasteiger partial charge on any atom is 0.257 e. The highest BCUT2D eigenvalue weighted by Crippen LogP contribution is 2.18. The van der Waals surface area contributed by atoms with E-state index in [1.165, 1.54) is 0 Å². The van der Waals surface area contributed by atoms with Crippen molar-refractivity contribution in [3.05, 3.63) is 72.3 Å². The van der Waals surface area contributed by atoms with Crippen LogP contribution in [0.5, 0.6) is 0 Å². The first-order chi connectivity index (χ1) is 12.7. The van der Waals surface area contributed by atoms with Gasteiger partial charge in [0.15, 0.2) is 5.82 Å². The Morgan fingerprint density at radius 2 is 1.96 bits per heavy atom. The van der Waals surface area contributed by atoms with Crippen LogP contribution in [0.1, 0.15) is 16.2 Å². The molecule has 0 radical (unpaired) electrons. The zero-order chi connectivity index (χ0) is 17.9. The molecule has 128 valence electrons. The minimum atomic E-state index is -0.248. The number of anilines is 1. The minimum Gasteiger partial charge on any atom is -0.322 e. The SMILES string of the molecule is Cc1nnnn1-c1cccc(NC(=O)c2ccccc2-n2ccnn2)c1. The van der Waals surface area contributed by atoms with E-state index in [0.29, 0.717) is 22.8 Å². The van der Waals surface area contributed by atoms with E-state index in [1.54, 1.807) is 52.9 Å². The number of para-hydroxylation sites is 1. The molecule has 0 saturated carbocycles. The van der Waals surface area contributed by atoms with E-state index in [2.05, 4.69) is 31.2 Å². The summed E-state index contributed by atoms with van der Waals surface area (Å²) in [5.41, 5.74) is 2.53. The molecule has 0 aliphatic heterocycles. The van der Waals surface area contributed by atoms with Gasteiger partial charge in [-0.15, -0.1) is 10.2 Å². The second-order valence-corrected chi connectivity index (χ2v) is 5.51. The predicted octanol–water partition coefficient (Wildman–Crippen LogP) is 1.80. The standard InChI is InChI=1S/C17H14N8O/c1-12-20-21-23-25(12)14-6-4-5-13(11-14)19-17(26)15-7-2-3-8-16(15)24-10-9-18-22-24/h2-11H,1H3,(H,19,26). The topological polar surface area (TPSA) is 103 Å². The lowest BCUT2D eigenvalue weighted by Gasteiger charge is -2.11. The third-order valence-corrected chi connectivity index (χ3v) is 3.79. The Labute approximate surface area is 148 Å². The summed E-state index contributed by atoms with van der Waals surface area (Å²) in [6.45, 7) is 1.81. The van der Waals surface area contributed by atoms with Crippen LogP contribution in [0, 0.1) is 6.92 Å². The van der Waals surface area contributed by atoms with Crippen molar-refractivity contribution in [2.45, 2.75) is 6.92 Å². The number of hydrogen-bond donors (Lipinski definition) is 1. The fourth-order valence-corrected chi connectivity index (χ4v) is 2.59. The maximum atomic E-state index is 12.8. The molecule has 0 aliphatic carbocycles. The number of nitrogens with one attached hydrogen (secondary N) is 1. The molecule has 0 aliphatic rings. The van der Waals surface area contributed by atoms with Crippen molar-refractivity contribution < 1.29 is 4.79 Å². The number of amides is 1. The number of carbonyl (C=O) groups excluding carboxylic acids is 1. The number of hydrogen-bond acceptors (Lipinski definition) is 6. The molecule has 9 heteroatoms. The lowest BCUT2D eigenvalue weighted by Crippen LogP contribution is -2.15. The molecule has 2 aromatic carbocycles. The summed E-state index contributed by atoms with van der Waals surface area (Å²) in [6.07, 6.45) is 3.25. The number of rotatable bonds is 4. The summed E-state index contributed by atoms with van der Waals surface area (Å²) in [5.74, 6) is 0.409. The van der Waals surface area contributed by atoms with E-state index in [0.717, 1.165) is 5.69 Å². The quantitative estimate of drug-likeness (QED) is 0.604. The zero-order valence-electron chi connectivity index (χ0n) is 13.8. The first-order valence-electron chi connectivity index (χ1n) is 7.85. The first kappa shape index (κ1) is 15.6. The van der Waals surface area contributed by atoms with Crippen LogP contribution in [0.2, 0.25) is 0 Å². The number of carbonyl (C=O) groups is 1. The van der Waals surface area contributed by atoms with Gasteiger partial charge in [-0.3, -0.25) is 4.79 Å². The second-order valence-electron chi connectivity index (χ2n) is 5.51. The van der Waals surface area contributed by atoms with Gasteiger partial charge in [-0.05, 0) is 47.7 Å². The van der Waals surface area contributed by atoms with Gasteiger partial charge in [0.1, 0.15) is 0 Å². The third-order valence-electron chi connectivity index (χ3n) is 3.79. The summed E-state index contributed by atoms with van der Waals surface area (Å²) < 4.78 is 3.15. The fourth-order valence-electron chi connectivity index (χ4n) is 2.59. The number of aryl methyl sites for hydroxylation is 1. The van der Waals surface area contributed by atoms with Gasteiger partial charge in [0, 0.05) is 5.69 Å². The van der Waals surface area contributed by atoms with Crippen LogP contribution in [0.4, 0.5) is 5.69 Å². The van der Waals surface area contributed by atoms with E-state index in [-0.39, 0.29) is 5.91 Å². The largest absolute Gasteiger partial charge is 0.322 e. The van der Waals surface area contributed by atoms with Crippen molar-refractivity contribution in [3.8, 4) is 11.4 Å². The van der Waals surface area contributed by atoms with E-state index >= 15 is 0 Å². The van der Waals surface area contributed by atoms with Crippen LogP contribution in [-0.2, 0) is 0 Å². The monoisotopic (exact) mass is 346 g/mol. The Morgan fingerprint density at radius 3 is 2.73 bits per heavy atom. The highest BCUT2D eigenvalue weighted by Gasteiger charge is 2.14. The molecule has 0 spiro atoms. The summed E-state index contributed by atoms with van der Waals surface area (Å²) in [5, 5.41) is 22.1. The molecule has 1 amide bonds. The molecule has 26 heavy (non-hydrogen) atoms. The highest BCUT2D eigenvalue weighted by molar-refractivity contribution is 6.06. The lowest BCUT2D eigenvalue weighted by molar-refractivity contribution is 0.102. The molecule has 4 rings (SSSR count). The van der Waals surface area contributed by atoms with Gasteiger partial charge in [-0.2, -0.15) is 4.68 Å². The van der Waals surface area contributed by atoms with E-state index in [9.17, 15) is 4.79 Å². The van der Waals surface area contributed by atoms with Crippen molar-refractivity contribution in [1.82, 2.24) is 35.2 Å². The highest BCUT2D eigenvalue weighted by atomic mass is 16.1. The van der Waals surface area contributed by atoms with Crippen LogP contribution in [0.3, 0.4) is 0 Å². The fraction of sp³-hybridized carbons (Fsp3) is 0.0588. The Bertz CT molecular complexity index is 1050. The predicted molar refractivity (Wildman–Crippen MR) is 93.2 cm³/mol. The van der Waals surface area contributed by atoms with Gasteiger partial charge in [-0.25, -0.2) is 4.68 Å². The number of nitrogens with zero attached hydrogens (tertiary/aromatic N) is 7. The number of aromatic nitrogens is 7. The summed E-state index contributed by atoms with van der Waals surface area (Å²) in [4.78, 5) is 12.8. The second kappa shape index (κ2) is 6.55. The van der Waals surface area contributed by atoms with Gasteiger partial charge in [0.25, 0.3) is 5.91 Å². The molecular weight excluding hydrogens is 332 g/mol. The van der Waals surface area contributed by atoms with E-state index < -0.39 is 0 Å². The van der Waals surface area contributed by atoms with Crippen molar-refractivity contribution in [1.29, 1.82) is 0 Å². The summed E-state index contributed by atoms with van der Waals surface area (Å²) in [7, 11) is 0. The molecule has 0 unspecified atom stereocenters. The van der Waals surface area contributed by atoms with Gasteiger partial charge >= 0.3 is 0 Å². The summed E-state index contributed by atoms with van der Waals surface area (Å²) >= 11 is 0. The van der Waals surface area contributed by atoms with Crippen LogP contribution in [0.25, 0.3) is 11.4 Å². The van der Waals surface area contributed by atoms with Gasteiger partial charge in [0.05, 0.1) is 29.3 Å². The molecule has 1 N–H and O–H groups in total. The number of tetrazole rings is 1. The molecule has 0 bridgehead atoms. The molecule has 4 aromatic rings. The molecule has 2 aromatic heterocycles. The smallest absolute Gasteiger partial charge is 0.257 e. The van der Waals surface area contributed by atoms with E-state index in [1.807, 2.05) is 24.3 Å². The first-order valence-corrected chi connectivity index (χ1v) is 7.85. The minimum absolute atomic E-state index is 0.248. The molecule has 2 heterocycles. The Balaban J connectivity index is 1.63. The Hall–Kier alpha value is -3.88. The van der Waals surface area contributed by atoms with Crippen molar-refractivity contribution in [3.63, 3.8) is 0 Å². The summed E-state index contributed by atoms with van der Waals surface area (Å²) in [6, 6.07) is 14.5. The average molecular weight is 346 g/mol. The van der Waals surface area contributed by atoms with Crippen molar-refractivity contribution in [2.24, 2.45) is 0 Å². The van der Waals surface area contributed by atoms with Gasteiger partial charge in [0.2, 0.25) is 0 Å². The van der Waals surface area contributed by atoms with Gasteiger partial charge in [-0.1, -0.05) is 23.4 Å². The zero-order valence-corrected chi connectivity index (χ0v) is 13.8.